The second-order valence-corrected chi connectivity index (χ2v) is 9.80. The van der Waals surface area contributed by atoms with Crippen LogP contribution in [0, 0.1) is 17.0 Å². The largest absolute Gasteiger partial charge is 0.361 e. The van der Waals surface area contributed by atoms with Gasteiger partial charge in [0.25, 0.3) is 0 Å². The second-order valence-electron chi connectivity index (χ2n) is 7.72. The van der Waals surface area contributed by atoms with Crippen molar-refractivity contribution in [1.82, 2.24) is 5.32 Å². The van der Waals surface area contributed by atoms with Crippen LogP contribution >= 0.6 is 0 Å². The summed E-state index contributed by atoms with van der Waals surface area (Å²) in [6.45, 7) is 3.59. The maximum Gasteiger partial charge on any atom is 0.177 e. The molecule has 1 aliphatic carbocycles. The Balaban J connectivity index is 2.01. The topological polar surface area (TPSA) is 63.2 Å². The highest BCUT2D eigenvalue weighted by atomic mass is 32.2. The molecule has 0 radical (unpaired) electrons. The molecular formula is C19H19F2NO3S. The Morgan fingerprint density at radius 1 is 1.15 bits per heavy atom. The molecule has 0 amide bonds. The van der Waals surface area contributed by atoms with Crippen LogP contribution < -0.4 is 5.32 Å². The lowest BCUT2D eigenvalue weighted by Gasteiger charge is -2.38. The summed E-state index contributed by atoms with van der Waals surface area (Å²) in [5.74, 6) is -3.54. The number of rotatable bonds is 1. The van der Waals surface area contributed by atoms with E-state index in [2.05, 4.69) is 5.32 Å². The minimum atomic E-state index is -3.64. The van der Waals surface area contributed by atoms with Crippen LogP contribution in [0.5, 0.6) is 0 Å². The van der Waals surface area contributed by atoms with Gasteiger partial charge < -0.3 is 5.32 Å². The first-order valence-electron chi connectivity index (χ1n) is 8.58. The van der Waals surface area contributed by atoms with Gasteiger partial charge in [-0.05, 0) is 18.9 Å². The molecule has 4 nitrogen and oxygen atoms in total. The molecule has 1 aromatic carbocycles. The van der Waals surface area contributed by atoms with Crippen LogP contribution in [0.25, 0.3) is 0 Å². The number of allylic oxidation sites excluding steroid dienone is 4. The van der Waals surface area contributed by atoms with E-state index in [1.54, 1.807) is 13.8 Å². The Kier molecular flexibility index (Phi) is 3.67. The number of nitrogens with one attached hydrogen (secondary N) is 1. The number of carbonyl (C=O) groups is 1. The van der Waals surface area contributed by atoms with Gasteiger partial charge in [-0.15, -0.1) is 0 Å². The molecule has 0 bridgehead atoms. The fraction of sp³-hybridized carbons (Fsp3) is 0.421. The number of Topliss-reactive ketones (excluding diaryl/α,β-unsaturated/α-hetero) is 1. The van der Waals surface area contributed by atoms with Gasteiger partial charge in [0.1, 0.15) is 0 Å². The molecule has 1 atom stereocenters. The fourth-order valence-electron chi connectivity index (χ4n) is 4.11. The van der Waals surface area contributed by atoms with Crippen LogP contribution in [0.4, 0.5) is 8.78 Å². The van der Waals surface area contributed by atoms with Crippen LogP contribution in [0.3, 0.4) is 0 Å². The van der Waals surface area contributed by atoms with Crippen molar-refractivity contribution < 1.29 is 22.0 Å². The highest BCUT2D eigenvalue weighted by molar-refractivity contribution is 7.95. The molecule has 0 aromatic heterocycles. The summed E-state index contributed by atoms with van der Waals surface area (Å²) < 4.78 is 53.9. The molecule has 7 heteroatoms. The average Bonchev–Trinajstić information content (AvgIpc) is 2.88. The molecule has 1 unspecified atom stereocenters. The summed E-state index contributed by atoms with van der Waals surface area (Å²) in [4.78, 5) is 13.1. The molecule has 0 saturated heterocycles. The lowest BCUT2D eigenvalue weighted by atomic mass is 9.69. The van der Waals surface area contributed by atoms with Crippen molar-refractivity contribution in [1.29, 1.82) is 0 Å². The van der Waals surface area contributed by atoms with E-state index in [1.165, 1.54) is 12.1 Å². The zero-order valence-corrected chi connectivity index (χ0v) is 15.3. The molecule has 26 heavy (non-hydrogen) atoms. The molecular weight excluding hydrogens is 360 g/mol. The number of halogens is 2. The normalized spacial score (nSPS) is 26.5. The summed E-state index contributed by atoms with van der Waals surface area (Å²) >= 11 is 0. The highest BCUT2D eigenvalue weighted by Gasteiger charge is 2.49. The molecule has 2 heterocycles. The third-order valence-corrected chi connectivity index (χ3v) is 7.48. The number of dihydropyridines is 1. The molecule has 138 valence electrons. The first kappa shape index (κ1) is 17.4. The molecule has 2 aliphatic heterocycles. The molecule has 3 aliphatic rings. The number of hydrogen-bond donors (Lipinski definition) is 1. The van der Waals surface area contributed by atoms with Crippen molar-refractivity contribution in [2.45, 2.75) is 39.0 Å². The van der Waals surface area contributed by atoms with Gasteiger partial charge in [-0.25, -0.2) is 17.2 Å². The zero-order chi connectivity index (χ0) is 18.9. The summed E-state index contributed by atoms with van der Waals surface area (Å²) in [7, 11) is -3.64. The van der Waals surface area contributed by atoms with Gasteiger partial charge in [0.15, 0.2) is 27.3 Å². The fourth-order valence-corrected chi connectivity index (χ4v) is 5.94. The Morgan fingerprint density at radius 3 is 2.62 bits per heavy atom. The van der Waals surface area contributed by atoms with Gasteiger partial charge in [0.2, 0.25) is 0 Å². The molecule has 0 fully saturated rings. The van der Waals surface area contributed by atoms with Crippen molar-refractivity contribution in [2.24, 2.45) is 5.41 Å². The third kappa shape index (κ3) is 2.36. The first-order chi connectivity index (χ1) is 12.1. The third-order valence-electron chi connectivity index (χ3n) is 5.58. The summed E-state index contributed by atoms with van der Waals surface area (Å²) in [6.07, 6.45) is 1.48. The lowest BCUT2D eigenvalue weighted by Crippen LogP contribution is -2.39. The van der Waals surface area contributed by atoms with Crippen LogP contribution in [-0.2, 0) is 14.6 Å². The van der Waals surface area contributed by atoms with Crippen molar-refractivity contribution in [3.63, 3.8) is 0 Å². The van der Waals surface area contributed by atoms with E-state index >= 15 is 0 Å². The summed E-state index contributed by atoms with van der Waals surface area (Å²) in [5.41, 5.74) is 0.630. The van der Waals surface area contributed by atoms with Crippen molar-refractivity contribution in [3.8, 4) is 0 Å². The summed E-state index contributed by atoms with van der Waals surface area (Å²) in [6, 6.07) is 3.70. The molecule has 0 saturated carbocycles. The SMILES string of the molecule is CC1(C)CCC2=C(C1=O)C(c1cccc(F)c1F)C1=C(CCS1(=O)=O)N2. The molecule has 1 aromatic rings. The molecule has 4 rings (SSSR count). The monoisotopic (exact) mass is 379 g/mol. The lowest BCUT2D eigenvalue weighted by molar-refractivity contribution is -0.124. The first-order valence-corrected chi connectivity index (χ1v) is 10.2. The van der Waals surface area contributed by atoms with Gasteiger partial charge in [0, 0.05) is 34.4 Å². The quantitative estimate of drug-likeness (QED) is 0.813. The Hall–Kier alpha value is -2.02. The van der Waals surface area contributed by atoms with Gasteiger partial charge >= 0.3 is 0 Å². The van der Waals surface area contributed by atoms with Crippen molar-refractivity contribution >= 4 is 15.6 Å². The van der Waals surface area contributed by atoms with Crippen LogP contribution in [0.15, 0.2) is 40.1 Å². The molecule has 0 spiro atoms. The maximum atomic E-state index is 14.6. The van der Waals surface area contributed by atoms with E-state index in [0.717, 1.165) is 6.07 Å². The van der Waals surface area contributed by atoms with Crippen molar-refractivity contribution in [2.75, 3.05) is 5.75 Å². The van der Waals surface area contributed by atoms with E-state index in [4.69, 9.17) is 0 Å². The number of sulfone groups is 1. The number of hydrogen-bond acceptors (Lipinski definition) is 4. The number of benzene rings is 1. The van der Waals surface area contributed by atoms with Crippen LogP contribution in [0.2, 0.25) is 0 Å². The maximum absolute atomic E-state index is 14.6. The zero-order valence-electron chi connectivity index (χ0n) is 14.5. The van der Waals surface area contributed by atoms with Gasteiger partial charge in [-0.1, -0.05) is 26.0 Å². The predicted octanol–water partition coefficient (Wildman–Crippen LogP) is 3.32. The predicted molar refractivity (Wildman–Crippen MR) is 92.7 cm³/mol. The number of ketones is 1. The van der Waals surface area contributed by atoms with Crippen molar-refractivity contribution in [3.05, 3.63) is 57.3 Å². The number of carbonyl (C=O) groups excluding carboxylic acids is 1. The second kappa shape index (κ2) is 5.49. The van der Waals surface area contributed by atoms with Gasteiger partial charge in [0.05, 0.1) is 16.6 Å². The Morgan fingerprint density at radius 2 is 1.88 bits per heavy atom. The minimum absolute atomic E-state index is 0.0202. The standard InChI is InChI=1S/C19H19F2NO3S/c1-19(2)8-6-12-15(18(19)23)14(10-4-3-5-11(20)16(10)21)17-13(22-12)7-9-26(17,24)25/h3-5,14,22H,6-9H2,1-2H3. The van der Waals surface area contributed by atoms with Crippen LogP contribution in [-0.4, -0.2) is 20.0 Å². The smallest absolute Gasteiger partial charge is 0.177 e. The minimum Gasteiger partial charge on any atom is -0.361 e. The van der Waals surface area contributed by atoms with Gasteiger partial charge in [-0.3, -0.25) is 4.79 Å². The molecule has 1 N–H and O–H groups in total. The van der Waals surface area contributed by atoms with Crippen LogP contribution in [0.1, 0.15) is 44.6 Å². The van der Waals surface area contributed by atoms with E-state index in [0.29, 0.717) is 30.7 Å². The van der Waals surface area contributed by atoms with Gasteiger partial charge in [-0.2, -0.15) is 0 Å². The van der Waals surface area contributed by atoms with E-state index in [9.17, 15) is 22.0 Å². The van der Waals surface area contributed by atoms with E-state index < -0.39 is 32.8 Å². The van der Waals surface area contributed by atoms with E-state index in [-0.39, 0.29) is 27.6 Å². The average molecular weight is 379 g/mol. The Bertz CT molecular complexity index is 1010. The van der Waals surface area contributed by atoms with E-state index in [1.807, 2.05) is 0 Å². The summed E-state index contributed by atoms with van der Waals surface area (Å²) in [5, 5.41) is 3.12. The Labute approximate surface area is 150 Å². The highest BCUT2D eigenvalue weighted by Crippen LogP contribution is 2.50.